The Labute approximate surface area is 152 Å². The van der Waals surface area contributed by atoms with Crippen LogP contribution >= 0.6 is 0 Å². The molecule has 0 aliphatic heterocycles. The molecular formula is C17H22FN3O4S. The topological polar surface area (TPSA) is 92.5 Å². The molecule has 0 saturated heterocycles. The average Bonchev–Trinajstić information content (AvgIpc) is 2.91. The van der Waals surface area contributed by atoms with Crippen LogP contribution in [0.2, 0.25) is 0 Å². The standard InChI is InChI=1S/C17H22FN3O4S/c1-5-21(10-14-7-6-8-15(18)9-14)17(22)12(3)20-26(23,24)16-11(2)19-25-13(16)4/h6-9,12,20H,5,10H2,1-4H3/t12-/m0/s1. The van der Waals surface area contributed by atoms with E-state index >= 15 is 0 Å². The number of aromatic nitrogens is 1. The molecule has 0 spiro atoms. The number of rotatable bonds is 7. The Morgan fingerprint density at radius 1 is 1.38 bits per heavy atom. The molecule has 0 aliphatic carbocycles. The van der Waals surface area contributed by atoms with Gasteiger partial charge >= 0.3 is 0 Å². The van der Waals surface area contributed by atoms with Gasteiger partial charge in [-0.2, -0.15) is 4.72 Å². The Bertz CT molecular complexity index is 876. The number of nitrogens with zero attached hydrogens (tertiary/aromatic N) is 2. The fourth-order valence-corrected chi connectivity index (χ4v) is 4.20. The number of amides is 1. The lowest BCUT2D eigenvalue weighted by Crippen LogP contribution is -2.46. The van der Waals surface area contributed by atoms with Crippen LogP contribution in [0.4, 0.5) is 4.39 Å². The second-order valence-corrected chi connectivity index (χ2v) is 7.63. The number of likely N-dealkylation sites (N-methyl/N-ethyl adjacent to an activating group) is 1. The molecule has 7 nitrogen and oxygen atoms in total. The van der Waals surface area contributed by atoms with Gasteiger partial charge in [-0.15, -0.1) is 0 Å². The highest BCUT2D eigenvalue weighted by atomic mass is 32.2. The lowest BCUT2D eigenvalue weighted by molar-refractivity contribution is -0.133. The van der Waals surface area contributed by atoms with Gasteiger partial charge < -0.3 is 9.42 Å². The highest BCUT2D eigenvalue weighted by Gasteiger charge is 2.29. The average molecular weight is 383 g/mol. The predicted molar refractivity (Wildman–Crippen MR) is 93.3 cm³/mol. The Kier molecular flexibility index (Phi) is 6.14. The zero-order valence-corrected chi connectivity index (χ0v) is 15.9. The second kappa shape index (κ2) is 7.96. The van der Waals surface area contributed by atoms with Crippen molar-refractivity contribution >= 4 is 15.9 Å². The van der Waals surface area contributed by atoms with Crippen LogP contribution in [0.15, 0.2) is 33.7 Å². The molecule has 0 saturated carbocycles. The van der Waals surface area contributed by atoms with Crippen molar-refractivity contribution < 1.29 is 22.1 Å². The summed E-state index contributed by atoms with van der Waals surface area (Å²) in [5, 5.41) is 3.62. The van der Waals surface area contributed by atoms with Crippen molar-refractivity contribution in [2.75, 3.05) is 6.54 Å². The Balaban J connectivity index is 2.14. The summed E-state index contributed by atoms with van der Waals surface area (Å²) < 4.78 is 45.6. The molecule has 2 aromatic rings. The van der Waals surface area contributed by atoms with Crippen molar-refractivity contribution in [3.63, 3.8) is 0 Å². The molecule has 0 aliphatic rings. The highest BCUT2D eigenvalue weighted by Crippen LogP contribution is 2.19. The van der Waals surface area contributed by atoms with E-state index in [0.29, 0.717) is 12.1 Å². The van der Waals surface area contributed by atoms with Gasteiger partial charge in [0.25, 0.3) is 0 Å². The number of hydrogen-bond donors (Lipinski definition) is 1. The van der Waals surface area contributed by atoms with Gasteiger partial charge in [-0.1, -0.05) is 17.3 Å². The summed E-state index contributed by atoms with van der Waals surface area (Å²) in [6, 6.07) is 4.93. The van der Waals surface area contributed by atoms with E-state index in [-0.39, 0.29) is 22.9 Å². The monoisotopic (exact) mass is 383 g/mol. The third kappa shape index (κ3) is 4.47. The number of carbonyl (C=O) groups is 1. The smallest absolute Gasteiger partial charge is 0.246 e. The number of carbonyl (C=O) groups excluding carboxylic acids is 1. The molecule has 0 bridgehead atoms. The molecule has 1 atom stereocenters. The van der Waals surface area contributed by atoms with Crippen molar-refractivity contribution in [2.24, 2.45) is 0 Å². The van der Waals surface area contributed by atoms with E-state index in [1.807, 2.05) is 0 Å². The maximum atomic E-state index is 13.3. The van der Waals surface area contributed by atoms with Gasteiger partial charge in [0.15, 0.2) is 5.76 Å². The van der Waals surface area contributed by atoms with Gasteiger partial charge in [0.1, 0.15) is 16.4 Å². The highest BCUT2D eigenvalue weighted by molar-refractivity contribution is 7.89. The largest absolute Gasteiger partial charge is 0.360 e. The first-order valence-corrected chi connectivity index (χ1v) is 9.62. The first kappa shape index (κ1) is 20.1. The van der Waals surface area contributed by atoms with Crippen LogP contribution in [0.5, 0.6) is 0 Å². The van der Waals surface area contributed by atoms with Crippen molar-refractivity contribution in [1.29, 1.82) is 0 Å². The molecule has 1 amide bonds. The molecule has 1 heterocycles. The fourth-order valence-electron chi connectivity index (χ4n) is 2.68. The van der Waals surface area contributed by atoms with E-state index < -0.39 is 27.8 Å². The molecule has 2 rings (SSSR count). The van der Waals surface area contributed by atoms with Crippen LogP contribution in [-0.2, 0) is 21.4 Å². The SMILES string of the molecule is CCN(Cc1cccc(F)c1)C(=O)[C@H](C)NS(=O)(=O)c1c(C)noc1C. The third-order valence-corrected chi connectivity index (χ3v) is 5.68. The third-order valence-electron chi connectivity index (χ3n) is 3.89. The minimum Gasteiger partial charge on any atom is -0.360 e. The van der Waals surface area contributed by atoms with Crippen molar-refractivity contribution in [3.05, 3.63) is 47.1 Å². The summed E-state index contributed by atoms with van der Waals surface area (Å²) in [7, 11) is -3.96. The number of hydrogen-bond acceptors (Lipinski definition) is 5. The summed E-state index contributed by atoms with van der Waals surface area (Å²) in [5.41, 5.74) is 0.850. The predicted octanol–water partition coefficient (Wildman–Crippen LogP) is 2.15. The second-order valence-electron chi connectivity index (χ2n) is 5.98. The minimum absolute atomic E-state index is 0.0645. The van der Waals surface area contributed by atoms with E-state index in [1.165, 1.54) is 37.8 Å². The summed E-state index contributed by atoms with van der Waals surface area (Å²) >= 11 is 0. The Morgan fingerprint density at radius 3 is 2.62 bits per heavy atom. The zero-order valence-electron chi connectivity index (χ0n) is 15.1. The number of halogens is 1. The van der Waals surface area contributed by atoms with E-state index in [2.05, 4.69) is 9.88 Å². The van der Waals surface area contributed by atoms with E-state index in [9.17, 15) is 17.6 Å². The maximum Gasteiger partial charge on any atom is 0.246 e. The first-order chi connectivity index (χ1) is 12.2. The molecular weight excluding hydrogens is 361 g/mol. The van der Waals surface area contributed by atoms with Crippen LogP contribution in [0.25, 0.3) is 0 Å². The van der Waals surface area contributed by atoms with E-state index in [0.717, 1.165) is 0 Å². The van der Waals surface area contributed by atoms with Gasteiger partial charge in [0, 0.05) is 13.1 Å². The number of benzene rings is 1. The quantitative estimate of drug-likeness (QED) is 0.791. The lowest BCUT2D eigenvalue weighted by Gasteiger charge is -2.25. The molecule has 1 N–H and O–H groups in total. The van der Waals surface area contributed by atoms with Crippen molar-refractivity contribution in [3.8, 4) is 0 Å². The molecule has 0 fully saturated rings. The Hall–Kier alpha value is -2.26. The molecule has 1 aromatic heterocycles. The van der Waals surface area contributed by atoms with Crippen LogP contribution < -0.4 is 4.72 Å². The molecule has 26 heavy (non-hydrogen) atoms. The number of sulfonamides is 1. The minimum atomic E-state index is -3.96. The maximum absolute atomic E-state index is 13.3. The molecule has 142 valence electrons. The normalized spacial score (nSPS) is 12.8. The van der Waals surface area contributed by atoms with Crippen LogP contribution in [0.1, 0.15) is 30.9 Å². The first-order valence-electron chi connectivity index (χ1n) is 8.14. The molecule has 1 aromatic carbocycles. The molecule has 9 heteroatoms. The number of nitrogens with one attached hydrogen (secondary N) is 1. The van der Waals surface area contributed by atoms with Crippen molar-refractivity contribution in [1.82, 2.24) is 14.8 Å². The van der Waals surface area contributed by atoms with Crippen LogP contribution in [-0.4, -0.2) is 37.0 Å². The van der Waals surface area contributed by atoms with Gasteiger partial charge in [0.2, 0.25) is 15.9 Å². The van der Waals surface area contributed by atoms with Crippen molar-refractivity contribution in [2.45, 2.75) is 45.2 Å². The van der Waals surface area contributed by atoms with Gasteiger partial charge in [0.05, 0.1) is 6.04 Å². The van der Waals surface area contributed by atoms with Gasteiger partial charge in [-0.3, -0.25) is 4.79 Å². The van der Waals surface area contributed by atoms with Gasteiger partial charge in [-0.25, -0.2) is 12.8 Å². The Morgan fingerprint density at radius 2 is 2.08 bits per heavy atom. The van der Waals surface area contributed by atoms with Gasteiger partial charge in [-0.05, 0) is 45.4 Å². The van der Waals surface area contributed by atoms with E-state index in [4.69, 9.17) is 4.52 Å². The lowest BCUT2D eigenvalue weighted by atomic mass is 10.2. The van der Waals surface area contributed by atoms with Crippen LogP contribution in [0, 0.1) is 19.7 Å². The fraction of sp³-hybridized carbons (Fsp3) is 0.412. The summed E-state index contributed by atoms with van der Waals surface area (Å²) in [6.45, 7) is 6.78. The summed E-state index contributed by atoms with van der Waals surface area (Å²) in [6.07, 6.45) is 0. The molecule has 0 unspecified atom stereocenters. The summed E-state index contributed by atoms with van der Waals surface area (Å²) in [5.74, 6) is -0.646. The van der Waals surface area contributed by atoms with E-state index in [1.54, 1.807) is 19.1 Å². The zero-order chi connectivity index (χ0) is 19.5. The summed E-state index contributed by atoms with van der Waals surface area (Å²) in [4.78, 5) is 14.0. The molecule has 0 radical (unpaired) electrons. The number of aryl methyl sites for hydroxylation is 2. The van der Waals surface area contributed by atoms with Crippen LogP contribution in [0.3, 0.4) is 0 Å².